The summed E-state index contributed by atoms with van der Waals surface area (Å²) in [4.78, 5) is 0. The fourth-order valence-electron chi connectivity index (χ4n) is 1.93. The van der Waals surface area contributed by atoms with Gasteiger partial charge in [0.2, 0.25) is 0 Å². The van der Waals surface area contributed by atoms with Crippen molar-refractivity contribution >= 4 is 24.2 Å². The van der Waals surface area contributed by atoms with E-state index >= 15 is 0 Å². The Morgan fingerprint density at radius 3 is 2.48 bits per heavy atom. The number of methoxy groups -OCH3 is 2. The molecule has 1 aromatic carbocycles. The standard InChI is InChI=1S/C14H19FN4O2S.ClH/c1-16-7-13-17-18-14(19(13)2)22-8-9-5-11(20-3)12(21-4)6-10(9)15;/h5-6,16H,7-8H2,1-4H3;1H. The molecule has 1 aromatic heterocycles. The molecule has 1 N–H and O–H groups in total. The maximum atomic E-state index is 14.1. The summed E-state index contributed by atoms with van der Waals surface area (Å²) in [5, 5.41) is 12.0. The topological polar surface area (TPSA) is 61.2 Å². The lowest BCUT2D eigenvalue weighted by Crippen LogP contribution is -2.10. The molecule has 0 spiro atoms. The quantitative estimate of drug-likeness (QED) is 0.763. The summed E-state index contributed by atoms with van der Waals surface area (Å²) in [5.74, 6) is 1.81. The molecule has 0 radical (unpaired) electrons. The molecule has 0 saturated carbocycles. The minimum atomic E-state index is -0.331. The number of nitrogens with zero attached hydrogens (tertiary/aromatic N) is 3. The van der Waals surface area contributed by atoms with Crippen LogP contribution in [0, 0.1) is 5.82 Å². The number of ether oxygens (including phenoxy) is 2. The normalized spacial score (nSPS) is 10.3. The van der Waals surface area contributed by atoms with Crippen molar-refractivity contribution in [1.82, 2.24) is 20.1 Å². The van der Waals surface area contributed by atoms with Gasteiger partial charge in [-0.1, -0.05) is 11.8 Å². The van der Waals surface area contributed by atoms with Crippen molar-refractivity contribution < 1.29 is 13.9 Å². The molecular formula is C14H20ClFN4O2S. The van der Waals surface area contributed by atoms with Crippen LogP contribution in [0.25, 0.3) is 0 Å². The zero-order valence-electron chi connectivity index (χ0n) is 13.4. The van der Waals surface area contributed by atoms with Crippen LogP contribution < -0.4 is 14.8 Å². The van der Waals surface area contributed by atoms with Crippen LogP contribution in [-0.2, 0) is 19.3 Å². The third-order valence-electron chi connectivity index (χ3n) is 3.17. The molecule has 0 unspecified atom stereocenters. The number of hydrogen-bond donors (Lipinski definition) is 1. The van der Waals surface area contributed by atoms with Gasteiger partial charge in [-0.25, -0.2) is 4.39 Å². The largest absolute Gasteiger partial charge is 0.493 e. The molecule has 1 heterocycles. The number of aromatic nitrogens is 3. The Morgan fingerprint density at radius 1 is 1.22 bits per heavy atom. The van der Waals surface area contributed by atoms with E-state index in [1.165, 1.54) is 32.0 Å². The van der Waals surface area contributed by atoms with E-state index in [-0.39, 0.29) is 18.2 Å². The van der Waals surface area contributed by atoms with Crippen molar-refractivity contribution in [3.8, 4) is 11.5 Å². The van der Waals surface area contributed by atoms with Gasteiger partial charge in [0.1, 0.15) is 11.6 Å². The zero-order valence-corrected chi connectivity index (χ0v) is 15.1. The van der Waals surface area contributed by atoms with Gasteiger partial charge < -0.3 is 19.4 Å². The highest BCUT2D eigenvalue weighted by molar-refractivity contribution is 7.98. The fraction of sp³-hybridized carbons (Fsp3) is 0.429. The predicted molar refractivity (Wildman–Crippen MR) is 90.1 cm³/mol. The summed E-state index contributed by atoms with van der Waals surface area (Å²) in [6.45, 7) is 0.634. The summed E-state index contributed by atoms with van der Waals surface area (Å²) in [6.07, 6.45) is 0. The van der Waals surface area contributed by atoms with Crippen LogP contribution in [0.5, 0.6) is 11.5 Å². The molecule has 6 nitrogen and oxygen atoms in total. The van der Waals surface area contributed by atoms with E-state index < -0.39 is 0 Å². The van der Waals surface area contributed by atoms with Crippen LogP contribution in [0.2, 0.25) is 0 Å². The second kappa shape index (κ2) is 8.95. The van der Waals surface area contributed by atoms with E-state index in [0.717, 1.165) is 11.0 Å². The third kappa shape index (κ3) is 4.49. The Morgan fingerprint density at radius 2 is 1.87 bits per heavy atom. The molecule has 0 atom stereocenters. The number of benzene rings is 1. The molecular weight excluding hydrogens is 343 g/mol. The van der Waals surface area contributed by atoms with E-state index in [2.05, 4.69) is 15.5 Å². The molecule has 0 saturated heterocycles. The summed E-state index contributed by atoms with van der Waals surface area (Å²) < 4.78 is 26.2. The van der Waals surface area contributed by atoms with Crippen LogP contribution in [0.15, 0.2) is 17.3 Å². The predicted octanol–water partition coefficient (Wildman–Crippen LogP) is 2.40. The molecule has 23 heavy (non-hydrogen) atoms. The van der Waals surface area contributed by atoms with Gasteiger partial charge in [-0.3, -0.25) is 0 Å². The first kappa shape index (κ1) is 19.5. The first-order valence-corrected chi connectivity index (χ1v) is 7.65. The maximum absolute atomic E-state index is 14.1. The van der Waals surface area contributed by atoms with Crippen LogP contribution in [0.3, 0.4) is 0 Å². The van der Waals surface area contributed by atoms with Crippen molar-refractivity contribution in [2.75, 3.05) is 21.3 Å². The second-order valence-electron chi connectivity index (χ2n) is 4.58. The molecule has 0 aliphatic heterocycles. The van der Waals surface area contributed by atoms with Crippen molar-refractivity contribution in [3.05, 3.63) is 29.3 Å². The van der Waals surface area contributed by atoms with E-state index in [0.29, 0.717) is 29.4 Å². The lowest BCUT2D eigenvalue weighted by atomic mass is 10.2. The molecule has 2 rings (SSSR count). The van der Waals surface area contributed by atoms with Gasteiger partial charge in [-0.05, 0) is 13.1 Å². The molecule has 2 aromatic rings. The first-order valence-electron chi connectivity index (χ1n) is 6.66. The fourth-order valence-corrected chi connectivity index (χ4v) is 2.84. The minimum absolute atomic E-state index is 0. The van der Waals surface area contributed by atoms with Crippen LogP contribution in [0.1, 0.15) is 11.4 Å². The number of hydrogen-bond acceptors (Lipinski definition) is 6. The van der Waals surface area contributed by atoms with Crippen molar-refractivity contribution in [2.24, 2.45) is 7.05 Å². The number of thioether (sulfide) groups is 1. The molecule has 0 amide bonds. The van der Waals surface area contributed by atoms with Gasteiger partial charge in [0.25, 0.3) is 0 Å². The monoisotopic (exact) mass is 362 g/mol. The Bertz CT molecular complexity index is 654. The van der Waals surface area contributed by atoms with Gasteiger partial charge in [-0.2, -0.15) is 0 Å². The highest BCUT2D eigenvalue weighted by atomic mass is 35.5. The van der Waals surface area contributed by atoms with Crippen LogP contribution in [-0.4, -0.2) is 36.0 Å². The van der Waals surface area contributed by atoms with Crippen molar-refractivity contribution in [2.45, 2.75) is 17.5 Å². The summed E-state index contributed by atoms with van der Waals surface area (Å²) in [7, 11) is 6.74. The van der Waals surface area contributed by atoms with Crippen LogP contribution in [0.4, 0.5) is 4.39 Å². The minimum Gasteiger partial charge on any atom is -0.493 e. The van der Waals surface area contributed by atoms with Gasteiger partial charge >= 0.3 is 0 Å². The first-order chi connectivity index (χ1) is 10.6. The van der Waals surface area contributed by atoms with E-state index in [1.807, 2.05) is 18.7 Å². The molecule has 0 aliphatic rings. The Balaban J connectivity index is 0.00000264. The lowest BCUT2D eigenvalue weighted by Gasteiger charge is -2.10. The highest BCUT2D eigenvalue weighted by Crippen LogP contribution is 2.32. The summed E-state index contributed by atoms with van der Waals surface area (Å²) in [6, 6.07) is 2.98. The third-order valence-corrected chi connectivity index (χ3v) is 4.24. The number of halogens is 2. The Kier molecular flexibility index (Phi) is 7.60. The molecule has 9 heteroatoms. The lowest BCUT2D eigenvalue weighted by molar-refractivity contribution is 0.352. The second-order valence-corrected chi connectivity index (χ2v) is 5.52. The van der Waals surface area contributed by atoms with Gasteiger partial charge in [-0.15, -0.1) is 22.6 Å². The van der Waals surface area contributed by atoms with Crippen molar-refractivity contribution in [3.63, 3.8) is 0 Å². The number of rotatable bonds is 7. The average molecular weight is 363 g/mol. The molecule has 0 bridgehead atoms. The SMILES string of the molecule is CNCc1nnc(SCc2cc(OC)c(OC)cc2F)n1C.Cl. The smallest absolute Gasteiger partial charge is 0.191 e. The number of nitrogens with one attached hydrogen (secondary N) is 1. The molecule has 128 valence electrons. The van der Waals surface area contributed by atoms with Gasteiger partial charge in [0, 0.05) is 24.4 Å². The highest BCUT2D eigenvalue weighted by Gasteiger charge is 2.14. The zero-order chi connectivity index (χ0) is 16.1. The van der Waals surface area contributed by atoms with Gasteiger partial charge in [0.15, 0.2) is 16.7 Å². The Labute approximate surface area is 145 Å². The maximum Gasteiger partial charge on any atom is 0.191 e. The molecule has 0 fully saturated rings. The average Bonchev–Trinajstić information content (AvgIpc) is 2.87. The van der Waals surface area contributed by atoms with Crippen molar-refractivity contribution in [1.29, 1.82) is 0 Å². The van der Waals surface area contributed by atoms with Gasteiger partial charge in [0.05, 0.1) is 20.8 Å². The summed E-state index contributed by atoms with van der Waals surface area (Å²) in [5.41, 5.74) is 0.529. The molecule has 0 aliphatic carbocycles. The van der Waals surface area contributed by atoms with E-state index in [1.54, 1.807) is 6.07 Å². The summed E-state index contributed by atoms with van der Waals surface area (Å²) >= 11 is 1.42. The van der Waals surface area contributed by atoms with Crippen LogP contribution >= 0.6 is 24.2 Å². The van der Waals surface area contributed by atoms with E-state index in [4.69, 9.17) is 9.47 Å². The Hall–Kier alpha value is -1.51. The van der Waals surface area contributed by atoms with E-state index in [9.17, 15) is 4.39 Å².